The Morgan fingerprint density at radius 1 is 1.20 bits per heavy atom. The number of pyridine rings is 1. The second kappa shape index (κ2) is 10.1. The van der Waals surface area contributed by atoms with Crippen LogP contribution in [0.15, 0.2) is 60.7 Å². The van der Waals surface area contributed by atoms with Crippen molar-refractivity contribution in [3.05, 3.63) is 82.9 Å². The third-order valence-corrected chi connectivity index (χ3v) is 6.48. The van der Waals surface area contributed by atoms with E-state index in [-0.39, 0.29) is 24.1 Å². The molecule has 2 amide bonds. The zero-order valence-corrected chi connectivity index (χ0v) is 19.9. The molecule has 1 aliphatic rings. The number of hydrogen-bond acceptors (Lipinski definition) is 4. The molecule has 1 aromatic carbocycles. The second-order valence-electron chi connectivity index (χ2n) is 8.83. The van der Waals surface area contributed by atoms with Crippen LogP contribution in [0, 0.1) is 25.0 Å². The zero-order chi connectivity index (χ0) is 25.1. The van der Waals surface area contributed by atoms with Gasteiger partial charge in [-0.15, -0.1) is 0 Å². The summed E-state index contributed by atoms with van der Waals surface area (Å²) in [5, 5.41) is 21.7. The molecule has 182 valence electrons. The number of rotatable bonds is 6. The number of amides is 2. The van der Waals surface area contributed by atoms with Gasteiger partial charge in [0.15, 0.2) is 11.9 Å². The summed E-state index contributed by atoms with van der Waals surface area (Å²) in [4.78, 5) is 26.1. The minimum Gasteiger partial charge on any atom is -0.618 e. The minimum atomic E-state index is -0.848. The average molecular weight is 478 g/mol. The van der Waals surface area contributed by atoms with Crippen molar-refractivity contribution in [2.45, 2.75) is 39.2 Å². The maximum atomic E-state index is 13.6. The Kier molecular flexibility index (Phi) is 6.95. The number of benzene rings is 1. The summed E-state index contributed by atoms with van der Waals surface area (Å²) >= 11 is 0. The lowest BCUT2D eigenvalue weighted by Gasteiger charge is -2.28. The maximum Gasteiger partial charge on any atom is 0.270 e. The number of hydrogen-bond donors (Lipinski definition) is 2. The number of nitrogens with one attached hydrogen (secondary N) is 2. The van der Waals surface area contributed by atoms with Crippen LogP contribution in [0.4, 0.5) is 10.1 Å². The van der Waals surface area contributed by atoms with Gasteiger partial charge in [0.2, 0.25) is 5.91 Å². The van der Waals surface area contributed by atoms with Gasteiger partial charge in [0.25, 0.3) is 5.91 Å². The van der Waals surface area contributed by atoms with Gasteiger partial charge in [0.05, 0.1) is 11.4 Å². The number of carbonyl (C=O) groups excluding carboxylic acids is 2. The minimum absolute atomic E-state index is 0.195. The van der Waals surface area contributed by atoms with E-state index in [1.54, 1.807) is 38.2 Å². The van der Waals surface area contributed by atoms with Crippen molar-refractivity contribution in [2.75, 3.05) is 5.32 Å². The third-order valence-electron chi connectivity index (χ3n) is 6.48. The van der Waals surface area contributed by atoms with Crippen LogP contribution < -0.4 is 15.4 Å². The zero-order valence-electron chi connectivity index (χ0n) is 19.9. The highest BCUT2D eigenvalue weighted by Crippen LogP contribution is 2.29. The van der Waals surface area contributed by atoms with E-state index < -0.39 is 11.9 Å². The molecule has 0 saturated heterocycles. The fraction of sp³-hybridized carbons (Fsp3) is 0.308. The van der Waals surface area contributed by atoms with E-state index in [1.165, 1.54) is 23.2 Å². The van der Waals surface area contributed by atoms with E-state index in [0.29, 0.717) is 29.9 Å². The molecule has 0 bridgehead atoms. The highest BCUT2D eigenvalue weighted by Gasteiger charge is 2.32. The summed E-state index contributed by atoms with van der Waals surface area (Å²) in [6.45, 7) is 3.71. The molecule has 0 saturated carbocycles. The predicted molar refractivity (Wildman–Crippen MR) is 130 cm³/mol. The van der Waals surface area contributed by atoms with Crippen LogP contribution in [0.5, 0.6) is 0 Å². The van der Waals surface area contributed by atoms with Gasteiger partial charge in [0.1, 0.15) is 11.7 Å². The smallest absolute Gasteiger partial charge is 0.270 e. The van der Waals surface area contributed by atoms with Gasteiger partial charge in [-0.1, -0.05) is 18.2 Å². The molecule has 2 heterocycles. The molecule has 0 unspecified atom stereocenters. The quantitative estimate of drug-likeness (QED) is 0.417. The van der Waals surface area contributed by atoms with Crippen LogP contribution >= 0.6 is 0 Å². The van der Waals surface area contributed by atoms with Gasteiger partial charge < -0.3 is 15.8 Å². The van der Waals surface area contributed by atoms with Crippen molar-refractivity contribution in [3.8, 4) is 11.1 Å². The summed E-state index contributed by atoms with van der Waals surface area (Å²) in [6.07, 6.45) is 5.51. The fourth-order valence-corrected chi connectivity index (χ4v) is 4.48. The van der Waals surface area contributed by atoms with E-state index in [1.807, 2.05) is 19.1 Å². The number of carbonyl (C=O) groups is 2. The van der Waals surface area contributed by atoms with Crippen molar-refractivity contribution in [1.29, 1.82) is 0 Å². The first-order chi connectivity index (χ1) is 16.7. The summed E-state index contributed by atoms with van der Waals surface area (Å²) in [6, 6.07) is 9.69. The van der Waals surface area contributed by atoms with Gasteiger partial charge in [-0.25, -0.2) is 4.39 Å². The third kappa shape index (κ3) is 5.24. The molecule has 2 aromatic heterocycles. The summed E-state index contributed by atoms with van der Waals surface area (Å²) < 4.78 is 15.9. The first-order valence-electron chi connectivity index (χ1n) is 11.5. The van der Waals surface area contributed by atoms with Gasteiger partial charge in [-0.3, -0.25) is 14.3 Å². The molecule has 0 aliphatic heterocycles. The SMILES string of the molecule is Cc1cc[n+]([O-])c(C)c1-c1ccc(NC(=O)[C@@H](NC(=O)c2ccnn2C)[C@@H]2CC=C(F)CC2)cc1. The normalized spacial score (nSPS) is 16.3. The number of aromatic nitrogens is 3. The van der Waals surface area contributed by atoms with E-state index in [0.717, 1.165) is 21.4 Å². The second-order valence-corrected chi connectivity index (χ2v) is 8.83. The lowest BCUT2D eigenvalue weighted by molar-refractivity contribution is -0.611. The molecular formula is C26H28FN5O3. The summed E-state index contributed by atoms with van der Waals surface area (Å²) in [7, 11) is 1.65. The molecule has 35 heavy (non-hydrogen) atoms. The monoisotopic (exact) mass is 477 g/mol. The van der Waals surface area contributed by atoms with Crippen LogP contribution in [0.25, 0.3) is 11.1 Å². The van der Waals surface area contributed by atoms with Gasteiger partial charge in [-0.05, 0) is 61.4 Å². The van der Waals surface area contributed by atoms with Crippen LogP contribution in [-0.2, 0) is 11.8 Å². The Labute approximate surface area is 203 Å². The number of halogens is 1. The summed E-state index contributed by atoms with van der Waals surface area (Å²) in [5.41, 5.74) is 4.15. The Balaban J connectivity index is 1.54. The van der Waals surface area contributed by atoms with Crippen LogP contribution in [0.3, 0.4) is 0 Å². The van der Waals surface area contributed by atoms with Gasteiger partial charge in [0, 0.05) is 31.9 Å². The number of allylic oxidation sites excluding steroid dienone is 2. The van der Waals surface area contributed by atoms with E-state index >= 15 is 0 Å². The molecule has 2 atom stereocenters. The molecule has 8 nitrogen and oxygen atoms in total. The van der Waals surface area contributed by atoms with Crippen LogP contribution in [-0.4, -0.2) is 27.6 Å². The molecule has 3 aromatic rings. The summed E-state index contributed by atoms with van der Waals surface area (Å²) in [5.74, 6) is -1.23. The standard InChI is InChI=1S/C26H28FN5O3/c1-16-13-15-32(35)17(2)23(16)18-6-10-21(11-7-18)29-26(34)24(19-4-8-20(27)9-5-19)30-25(33)22-12-14-28-31(22)3/h6-8,10-15,19,24H,4-5,9H2,1-3H3,(H,29,34)(H,30,33)/t19-,24+/m1/s1. The lowest BCUT2D eigenvalue weighted by atomic mass is 9.86. The van der Waals surface area contributed by atoms with Crippen molar-refractivity contribution in [2.24, 2.45) is 13.0 Å². The number of anilines is 1. The van der Waals surface area contributed by atoms with Crippen molar-refractivity contribution >= 4 is 17.5 Å². The number of nitrogens with zero attached hydrogens (tertiary/aromatic N) is 3. The molecular weight excluding hydrogens is 449 g/mol. The van der Waals surface area contributed by atoms with E-state index in [2.05, 4.69) is 15.7 Å². The highest BCUT2D eigenvalue weighted by atomic mass is 19.1. The molecule has 1 aliphatic carbocycles. The first kappa shape index (κ1) is 24.1. The van der Waals surface area contributed by atoms with Crippen molar-refractivity contribution < 1.29 is 18.7 Å². The van der Waals surface area contributed by atoms with E-state index in [9.17, 15) is 19.2 Å². The highest BCUT2D eigenvalue weighted by molar-refractivity contribution is 6.00. The molecule has 0 radical (unpaired) electrons. The largest absolute Gasteiger partial charge is 0.618 e. The lowest BCUT2D eigenvalue weighted by Crippen LogP contribution is -2.49. The maximum absolute atomic E-state index is 13.6. The first-order valence-corrected chi connectivity index (χ1v) is 11.5. The van der Waals surface area contributed by atoms with Crippen LogP contribution in [0.1, 0.15) is 41.0 Å². The van der Waals surface area contributed by atoms with E-state index in [4.69, 9.17) is 0 Å². The Bertz CT molecular complexity index is 1280. The molecule has 2 N–H and O–H groups in total. The molecule has 0 fully saturated rings. The van der Waals surface area contributed by atoms with Gasteiger partial charge in [-0.2, -0.15) is 9.83 Å². The molecule has 4 rings (SSSR count). The van der Waals surface area contributed by atoms with Crippen molar-refractivity contribution in [3.63, 3.8) is 0 Å². The fourth-order valence-electron chi connectivity index (χ4n) is 4.48. The predicted octanol–water partition coefficient (Wildman–Crippen LogP) is 3.73. The Morgan fingerprint density at radius 2 is 1.94 bits per heavy atom. The topological polar surface area (TPSA) is 103 Å². The van der Waals surface area contributed by atoms with Crippen LogP contribution in [0.2, 0.25) is 0 Å². The number of aryl methyl sites for hydroxylation is 2. The van der Waals surface area contributed by atoms with Crippen molar-refractivity contribution in [1.82, 2.24) is 15.1 Å². The Hall–Kier alpha value is -4.01. The average Bonchev–Trinajstić information content (AvgIpc) is 3.27. The Morgan fingerprint density at radius 3 is 2.57 bits per heavy atom. The molecule has 9 heteroatoms. The molecule has 0 spiro atoms. The van der Waals surface area contributed by atoms with Gasteiger partial charge >= 0.3 is 0 Å².